The van der Waals surface area contributed by atoms with Crippen LogP contribution in [-0.4, -0.2) is 20.7 Å². The maximum atomic E-state index is 12.7. The summed E-state index contributed by atoms with van der Waals surface area (Å²) in [6.45, 7) is 0. The molecule has 0 saturated heterocycles. The van der Waals surface area contributed by atoms with E-state index in [4.69, 9.17) is 5.73 Å². The Morgan fingerprint density at radius 2 is 1.68 bits per heavy atom. The summed E-state index contributed by atoms with van der Waals surface area (Å²) in [6, 6.07) is 0. The Bertz CT molecular complexity index is 502. The molecule has 0 aromatic carbocycles. The molecule has 100 valence electrons. The molecule has 4 aliphatic rings. The highest BCUT2D eigenvalue weighted by atomic mass is 16.1. The summed E-state index contributed by atoms with van der Waals surface area (Å²) >= 11 is 0. The summed E-state index contributed by atoms with van der Waals surface area (Å²) in [5.74, 6) is 3.50. The van der Waals surface area contributed by atoms with Crippen LogP contribution in [0.3, 0.4) is 0 Å². The van der Waals surface area contributed by atoms with Crippen molar-refractivity contribution in [3.05, 3.63) is 12.2 Å². The molecule has 0 atom stereocenters. The van der Waals surface area contributed by atoms with Crippen LogP contribution in [0, 0.1) is 29.6 Å². The van der Waals surface area contributed by atoms with E-state index in [1.54, 1.807) is 0 Å². The third kappa shape index (κ3) is 1.75. The molecule has 5 rings (SSSR count). The van der Waals surface area contributed by atoms with Gasteiger partial charge in [0.2, 0.25) is 17.6 Å². The highest BCUT2D eigenvalue weighted by molar-refractivity contribution is 5.95. The summed E-state index contributed by atoms with van der Waals surface area (Å²) in [6.07, 6.45) is 7.64. The van der Waals surface area contributed by atoms with Crippen LogP contribution in [0.25, 0.3) is 0 Å². The minimum atomic E-state index is 0.0999. The molecule has 5 nitrogen and oxygen atoms in total. The van der Waals surface area contributed by atoms with Crippen LogP contribution in [0.1, 0.15) is 42.7 Å². The van der Waals surface area contributed by atoms with Gasteiger partial charge in [0.15, 0.2) is 0 Å². The number of nitrogens with two attached hydrogens (primary N) is 1. The van der Waals surface area contributed by atoms with Gasteiger partial charge < -0.3 is 5.73 Å². The van der Waals surface area contributed by atoms with Crippen molar-refractivity contribution >= 4 is 11.7 Å². The number of ketones is 1. The summed E-state index contributed by atoms with van der Waals surface area (Å²) in [4.78, 5) is 24.5. The number of hydrogen-bond donors (Lipinski definition) is 1. The highest BCUT2D eigenvalue weighted by Crippen LogP contribution is 2.56. The molecule has 0 spiro atoms. The van der Waals surface area contributed by atoms with Crippen LogP contribution in [0.5, 0.6) is 0 Å². The van der Waals surface area contributed by atoms with Crippen molar-refractivity contribution in [2.45, 2.75) is 32.1 Å². The number of rotatable bonds is 2. The number of Topliss-reactive ketones (excluding diaryl/α,β-unsaturated/α-hetero) is 1. The van der Waals surface area contributed by atoms with Gasteiger partial charge in [0.05, 0.1) is 0 Å². The molecule has 5 heteroatoms. The zero-order valence-corrected chi connectivity index (χ0v) is 10.8. The van der Waals surface area contributed by atoms with Gasteiger partial charge in [-0.15, -0.1) is 0 Å². The summed E-state index contributed by atoms with van der Waals surface area (Å²) < 4.78 is 0. The maximum absolute atomic E-state index is 12.7. The minimum Gasteiger partial charge on any atom is -0.368 e. The van der Waals surface area contributed by atoms with Crippen molar-refractivity contribution in [2.75, 3.05) is 5.73 Å². The Hall–Kier alpha value is -1.52. The van der Waals surface area contributed by atoms with Crippen LogP contribution in [0.4, 0.5) is 5.95 Å². The number of hydrogen-bond acceptors (Lipinski definition) is 5. The summed E-state index contributed by atoms with van der Waals surface area (Å²) in [7, 11) is 0. The number of nitrogens with zero attached hydrogens (tertiary/aromatic N) is 3. The minimum absolute atomic E-state index is 0.0999. The number of carbonyl (C=O) groups excluding carboxylic acids is 1. The van der Waals surface area contributed by atoms with Crippen molar-refractivity contribution in [3.8, 4) is 0 Å². The van der Waals surface area contributed by atoms with Crippen molar-refractivity contribution < 1.29 is 4.79 Å². The van der Waals surface area contributed by atoms with Gasteiger partial charge in [0, 0.05) is 5.92 Å². The second-order valence-electron chi connectivity index (χ2n) is 6.49. The topological polar surface area (TPSA) is 81.8 Å². The van der Waals surface area contributed by atoms with Crippen LogP contribution in [-0.2, 0) is 0 Å². The zero-order chi connectivity index (χ0) is 13.0. The van der Waals surface area contributed by atoms with E-state index in [1.807, 2.05) is 0 Å². The maximum Gasteiger partial charge on any atom is 0.223 e. The van der Waals surface area contributed by atoms with Crippen LogP contribution in [0.2, 0.25) is 0 Å². The molecule has 4 saturated carbocycles. The normalized spacial score (nSPS) is 39.5. The van der Waals surface area contributed by atoms with Crippen molar-refractivity contribution in [3.63, 3.8) is 0 Å². The van der Waals surface area contributed by atoms with E-state index in [1.165, 1.54) is 38.4 Å². The Labute approximate surface area is 112 Å². The summed E-state index contributed by atoms with van der Waals surface area (Å²) in [5, 5.41) is 0. The smallest absolute Gasteiger partial charge is 0.223 e. The number of carbonyl (C=O) groups is 1. The quantitative estimate of drug-likeness (QED) is 0.817. The van der Waals surface area contributed by atoms with Gasteiger partial charge in [-0.2, -0.15) is 4.98 Å². The van der Waals surface area contributed by atoms with E-state index >= 15 is 0 Å². The standard InChI is InChI=1S/C14H18N4O/c15-14-17-6-16-13(18-14)12(19)11-9-2-7-1-8(4-9)5-10(11)3-7/h6-11H,1-5H2,(H2,15,16,17,18). The number of anilines is 1. The third-order valence-electron chi connectivity index (χ3n) is 5.34. The average Bonchev–Trinajstić information content (AvgIpc) is 2.37. The predicted octanol–water partition coefficient (Wildman–Crippen LogP) is 1.71. The zero-order valence-electron chi connectivity index (χ0n) is 10.8. The number of aromatic nitrogens is 3. The first-order valence-electron chi connectivity index (χ1n) is 7.19. The van der Waals surface area contributed by atoms with Crippen LogP contribution in [0.15, 0.2) is 6.33 Å². The van der Waals surface area contributed by atoms with Crippen molar-refractivity contribution in [2.24, 2.45) is 29.6 Å². The highest BCUT2D eigenvalue weighted by Gasteiger charge is 2.51. The molecule has 0 radical (unpaired) electrons. The molecular formula is C14H18N4O. The SMILES string of the molecule is Nc1ncnc(C(=O)C2C3CC4CC(C3)CC2C4)n1. The van der Waals surface area contributed by atoms with Gasteiger partial charge in [0.25, 0.3) is 0 Å². The third-order valence-corrected chi connectivity index (χ3v) is 5.34. The van der Waals surface area contributed by atoms with E-state index in [-0.39, 0.29) is 23.5 Å². The van der Waals surface area contributed by atoms with Gasteiger partial charge in [-0.3, -0.25) is 4.79 Å². The van der Waals surface area contributed by atoms with Crippen molar-refractivity contribution in [1.29, 1.82) is 0 Å². The largest absolute Gasteiger partial charge is 0.368 e. The Morgan fingerprint density at radius 3 is 2.26 bits per heavy atom. The fourth-order valence-electron chi connectivity index (χ4n) is 4.93. The Morgan fingerprint density at radius 1 is 1.05 bits per heavy atom. The molecule has 4 bridgehead atoms. The monoisotopic (exact) mass is 258 g/mol. The Kier molecular flexibility index (Phi) is 2.37. The molecule has 19 heavy (non-hydrogen) atoms. The fourth-order valence-corrected chi connectivity index (χ4v) is 4.93. The van der Waals surface area contributed by atoms with E-state index in [9.17, 15) is 4.79 Å². The van der Waals surface area contributed by atoms with Gasteiger partial charge in [-0.1, -0.05) is 0 Å². The lowest BCUT2D eigenvalue weighted by molar-refractivity contribution is -0.0255. The molecule has 4 fully saturated rings. The molecule has 0 amide bonds. The molecule has 1 aromatic rings. The van der Waals surface area contributed by atoms with E-state index in [0.717, 1.165) is 11.8 Å². The fraction of sp³-hybridized carbons (Fsp3) is 0.714. The number of nitrogen functional groups attached to an aromatic ring is 1. The first-order valence-corrected chi connectivity index (χ1v) is 7.19. The molecule has 2 N–H and O–H groups in total. The second-order valence-corrected chi connectivity index (χ2v) is 6.49. The lowest BCUT2D eigenvalue weighted by Crippen LogP contribution is -2.48. The molecule has 1 heterocycles. The molecule has 1 aromatic heterocycles. The van der Waals surface area contributed by atoms with E-state index < -0.39 is 0 Å². The van der Waals surface area contributed by atoms with Gasteiger partial charge in [-0.25, -0.2) is 9.97 Å². The average molecular weight is 258 g/mol. The molecular weight excluding hydrogens is 240 g/mol. The summed E-state index contributed by atoms with van der Waals surface area (Å²) in [5.41, 5.74) is 5.56. The van der Waals surface area contributed by atoms with Crippen LogP contribution < -0.4 is 5.73 Å². The lowest BCUT2D eigenvalue weighted by Gasteiger charge is -2.53. The van der Waals surface area contributed by atoms with E-state index in [0.29, 0.717) is 11.8 Å². The molecule has 4 aliphatic carbocycles. The predicted molar refractivity (Wildman–Crippen MR) is 69.1 cm³/mol. The van der Waals surface area contributed by atoms with E-state index in [2.05, 4.69) is 15.0 Å². The molecule has 0 unspecified atom stereocenters. The van der Waals surface area contributed by atoms with Gasteiger partial charge in [-0.05, 0) is 55.8 Å². The first kappa shape index (κ1) is 11.3. The second kappa shape index (κ2) is 3.99. The van der Waals surface area contributed by atoms with Gasteiger partial charge in [0.1, 0.15) is 6.33 Å². The first-order chi connectivity index (χ1) is 9.20. The van der Waals surface area contributed by atoms with Crippen LogP contribution >= 0.6 is 0 Å². The molecule has 0 aliphatic heterocycles. The van der Waals surface area contributed by atoms with Gasteiger partial charge >= 0.3 is 0 Å². The Balaban J connectivity index is 1.64. The van der Waals surface area contributed by atoms with Crippen molar-refractivity contribution in [1.82, 2.24) is 15.0 Å². The lowest BCUT2D eigenvalue weighted by atomic mass is 9.51.